The zero-order valence-corrected chi connectivity index (χ0v) is 12.0. The van der Waals surface area contributed by atoms with Crippen LogP contribution in [0.3, 0.4) is 0 Å². The number of aryl methyl sites for hydroxylation is 2. The largest absolute Gasteiger partial charge is 0.354 e. The Morgan fingerprint density at radius 1 is 1.10 bits per heavy atom. The average Bonchev–Trinajstić information content (AvgIpc) is 2.75. The molecule has 1 aliphatic rings. The molecule has 0 fully saturated rings. The van der Waals surface area contributed by atoms with Gasteiger partial charge in [-0.1, -0.05) is 12.1 Å². The van der Waals surface area contributed by atoms with Gasteiger partial charge in [-0.25, -0.2) is 0 Å². The van der Waals surface area contributed by atoms with Crippen molar-refractivity contribution in [1.29, 1.82) is 5.26 Å². The van der Waals surface area contributed by atoms with Crippen molar-refractivity contribution in [3.63, 3.8) is 0 Å². The smallest absolute Gasteiger partial charge is 0.101 e. The van der Waals surface area contributed by atoms with Gasteiger partial charge in [0.05, 0.1) is 23.6 Å². The Bertz CT molecular complexity index is 692. The summed E-state index contributed by atoms with van der Waals surface area (Å²) in [5.74, 6) is 0. The van der Waals surface area contributed by atoms with Crippen LogP contribution in [0.2, 0.25) is 0 Å². The summed E-state index contributed by atoms with van der Waals surface area (Å²) >= 11 is 0. The second-order valence-electron chi connectivity index (χ2n) is 5.40. The van der Waals surface area contributed by atoms with E-state index in [2.05, 4.69) is 54.0 Å². The summed E-state index contributed by atoms with van der Waals surface area (Å²) in [6.07, 6.45) is 0. The van der Waals surface area contributed by atoms with Crippen molar-refractivity contribution in [2.45, 2.75) is 13.8 Å². The highest BCUT2D eigenvalue weighted by Crippen LogP contribution is 2.42. The van der Waals surface area contributed by atoms with Gasteiger partial charge < -0.3 is 9.80 Å². The average molecular weight is 263 g/mol. The fourth-order valence-electron chi connectivity index (χ4n) is 2.93. The summed E-state index contributed by atoms with van der Waals surface area (Å²) in [6, 6.07) is 14.7. The number of fused-ring (bicyclic) bond motifs is 1. The monoisotopic (exact) mass is 263 g/mol. The molecule has 0 spiro atoms. The number of hydrogen-bond donors (Lipinski definition) is 0. The highest BCUT2D eigenvalue weighted by molar-refractivity contribution is 5.86. The Morgan fingerprint density at radius 2 is 1.80 bits per heavy atom. The van der Waals surface area contributed by atoms with Crippen LogP contribution in [0.1, 0.15) is 16.7 Å². The summed E-state index contributed by atoms with van der Waals surface area (Å²) < 4.78 is 0. The highest BCUT2D eigenvalue weighted by atomic mass is 15.4. The summed E-state index contributed by atoms with van der Waals surface area (Å²) in [5, 5.41) is 9.27. The Balaban J connectivity index is 2.14. The van der Waals surface area contributed by atoms with Crippen molar-refractivity contribution in [3.8, 4) is 6.07 Å². The maximum Gasteiger partial charge on any atom is 0.101 e. The molecule has 0 unspecified atom stereocenters. The zero-order valence-electron chi connectivity index (χ0n) is 12.0. The third kappa shape index (κ3) is 1.90. The molecule has 0 N–H and O–H groups in total. The topological polar surface area (TPSA) is 30.3 Å². The molecule has 3 heteroatoms. The fourth-order valence-corrected chi connectivity index (χ4v) is 2.93. The summed E-state index contributed by atoms with van der Waals surface area (Å²) in [6.45, 7) is 5.00. The maximum atomic E-state index is 9.27. The fraction of sp³-hybridized carbons (Fsp3) is 0.235. The van der Waals surface area contributed by atoms with Gasteiger partial charge in [-0.2, -0.15) is 5.26 Å². The van der Waals surface area contributed by atoms with Crippen molar-refractivity contribution in [3.05, 3.63) is 53.1 Å². The minimum Gasteiger partial charge on any atom is -0.354 e. The van der Waals surface area contributed by atoms with Gasteiger partial charge in [0.1, 0.15) is 6.07 Å². The van der Waals surface area contributed by atoms with Crippen LogP contribution in [0, 0.1) is 25.2 Å². The van der Waals surface area contributed by atoms with Crippen molar-refractivity contribution >= 4 is 17.1 Å². The van der Waals surface area contributed by atoms with E-state index in [-0.39, 0.29) is 0 Å². The minimum absolute atomic E-state index is 0.733. The maximum absolute atomic E-state index is 9.27. The Kier molecular flexibility index (Phi) is 2.87. The molecule has 3 rings (SSSR count). The number of benzene rings is 2. The molecule has 0 bridgehead atoms. The third-order valence-electron chi connectivity index (χ3n) is 3.68. The van der Waals surface area contributed by atoms with Crippen LogP contribution in [0.5, 0.6) is 0 Å². The second-order valence-corrected chi connectivity index (χ2v) is 5.40. The number of anilines is 3. The van der Waals surface area contributed by atoms with E-state index in [0.717, 1.165) is 23.6 Å². The minimum atomic E-state index is 0.733. The van der Waals surface area contributed by atoms with E-state index in [0.29, 0.717) is 0 Å². The number of nitriles is 1. The van der Waals surface area contributed by atoms with Crippen LogP contribution in [-0.2, 0) is 0 Å². The quantitative estimate of drug-likeness (QED) is 0.785. The number of para-hydroxylation sites is 1. The molecule has 2 aromatic rings. The molecule has 1 aliphatic heterocycles. The highest BCUT2D eigenvalue weighted by Gasteiger charge is 2.26. The molecule has 0 saturated carbocycles. The van der Waals surface area contributed by atoms with Crippen LogP contribution < -0.4 is 9.80 Å². The SMILES string of the molecule is Cc1cc(C)cc(N2CN(C)c3c(C#N)cccc32)c1. The van der Waals surface area contributed by atoms with Gasteiger partial charge in [-0.15, -0.1) is 0 Å². The molecule has 0 atom stereocenters. The van der Waals surface area contributed by atoms with Gasteiger partial charge in [0.15, 0.2) is 0 Å². The Labute approximate surface area is 119 Å². The molecule has 20 heavy (non-hydrogen) atoms. The standard InChI is InChI=1S/C17H17N3/c1-12-7-13(2)9-15(8-12)20-11-19(3)17-14(10-18)5-4-6-16(17)20/h4-9H,11H2,1-3H3. The molecular formula is C17H17N3. The van der Waals surface area contributed by atoms with E-state index in [4.69, 9.17) is 0 Å². The number of nitrogens with zero attached hydrogens (tertiary/aromatic N) is 3. The number of rotatable bonds is 1. The molecule has 0 amide bonds. The zero-order chi connectivity index (χ0) is 14.3. The second kappa shape index (κ2) is 4.57. The lowest BCUT2D eigenvalue weighted by molar-refractivity contribution is 0.947. The van der Waals surface area contributed by atoms with Gasteiger partial charge in [-0.05, 0) is 49.2 Å². The van der Waals surface area contributed by atoms with Gasteiger partial charge >= 0.3 is 0 Å². The van der Waals surface area contributed by atoms with E-state index in [1.54, 1.807) is 0 Å². The van der Waals surface area contributed by atoms with Crippen LogP contribution in [0.4, 0.5) is 17.1 Å². The number of hydrogen-bond acceptors (Lipinski definition) is 3. The van der Waals surface area contributed by atoms with E-state index in [1.807, 2.05) is 19.2 Å². The van der Waals surface area contributed by atoms with Crippen LogP contribution >= 0.6 is 0 Å². The van der Waals surface area contributed by atoms with Crippen LogP contribution in [0.25, 0.3) is 0 Å². The Hall–Kier alpha value is -2.47. The van der Waals surface area contributed by atoms with Crippen molar-refractivity contribution in [1.82, 2.24) is 0 Å². The van der Waals surface area contributed by atoms with Gasteiger partial charge in [0, 0.05) is 12.7 Å². The molecule has 0 saturated heterocycles. The molecule has 100 valence electrons. The molecule has 1 heterocycles. The normalized spacial score (nSPS) is 13.3. The summed E-state index contributed by atoms with van der Waals surface area (Å²) in [7, 11) is 2.03. The predicted octanol–water partition coefficient (Wildman–Crippen LogP) is 3.72. The van der Waals surface area contributed by atoms with Gasteiger partial charge in [0.2, 0.25) is 0 Å². The third-order valence-corrected chi connectivity index (χ3v) is 3.68. The van der Waals surface area contributed by atoms with Crippen LogP contribution in [0.15, 0.2) is 36.4 Å². The molecule has 0 radical (unpaired) electrons. The first-order valence-corrected chi connectivity index (χ1v) is 6.70. The first kappa shape index (κ1) is 12.6. The van der Waals surface area contributed by atoms with E-state index in [1.165, 1.54) is 16.8 Å². The predicted molar refractivity (Wildman–Crippen MR) is 82.5 cm³/mol. The summed E-state index contributed by atoms with van der Waals surface area (Å²) in [4.78, 5) is 4.39. The Morgan fingerprint density at radius 3 is 2.45 bits per heavy atom. The lowest BCUT2D eigenvalue weighted by Gasteiger charge is -2.20. The first-order valence-electron chi connectivity index (χ1n) is 6.70. The van der Waals surface area contributed by atoms with E-state index in [9.17, 15) is 5.26 Å². The molecular weight excluding hydrogens is 246 g/mol. The van der Waals surface area contributed by atoms with Crippen molar-refractivity contribution < 1.29 is 0 Å². The molecule has 2 aromatic carbocycles. The molecule has 0 aromatic heterocycles. The van der Waals surface area contributed by atoms with Crippen molar-refractivity contribution in [2.75, 3.05) is 23.5 Å². The van der Waals surface area contributed by atoms with E-state index < -0.39 is 0 Å². The van der Waals surface area contributed by atoms with Gasteiger partial charge in [-0.3, -0.25) is 0 Å². The van der Waals surface area contributed by atoms with E-state index >= 15 is 0 Å². The molecule has 3 nitrogen and oxygen atoms in total. The first-order chi connectivity index (χ1) is 9.60. The molecule has 0 aliphatic carbocycles. The lowest BCUT2D eigenvalue weighted by atomic mass is 10.1. The lowest BCUT2D eigenvalue weighted by Crippen LogP contribution is -2.24. The van der Waals surface area contributed by atoms with Crippen molar-refractivity contribution in [2.24, 2.45) is 0 Å². The van der Waals surface area contributed by atoms with Crippen LogP contribution in [-0.4, -0.2) is 13.7 Å². The van der Waals surface area contributed by atoms with Gasteiger partial charge in [0.25, 0.3) is 0 Å². The summed E-state index contributed by atoms with van der Waals surface area (Å²) in [5.41, 5.74) is 6.56.